The Balaban J connectivity index is 2.03. The summed E-state index contributed by atoms with van der Waals surface area (Å²) in [7, 11) is 3.28. The van der Waals surface area contributed by atoms with E-state index in [2.05, 4.69) is 5.32 Å². The number of aromatic nitrogens is 1. The zero-order chi connectivity index (χ0) is 17.3. The maximum atomic E-state index is 12.7. The minimum absolute atomic E-state index is 0.112. The summed E-state index contributed by atoms with van der Waals surface area (Å²) < 4.78 is 6.87. The van der Waals surface area contributed by atoms with Crippen molar-refractivity contribution in [1.29, 1.82) is 0 Å². The smallest absolute Gasteiger partial charge is 0.335 e. The van der Waals surface area contributed by atoms with Crippen LogP contribution in [0.15, 0.2) is 48.2 Å². The summed E-state index contributed by atoms with van der Waals surface area (Å²) >= 11 is 0. The number of aryl methyl sites for hydroxylation is 1. The maximum absolute atomic E-state index is 12.7. The van der Waals surface area contributed by atoms with Crippen LogP contribution >= 0.6 is 0 Å². The Morgan fingerprint density at radius 3 is 2.58 bits per heavy atom. The second kappa shape index (κ2) is 6.04. The van der Waals surface area contributed by atoms with Crippen LogP contribution in [0.5, 0.6) is 5.75 Å². The van der Waals surface area contributed by atoms with Gasteiger partial charge in [0, 0.05) is 25.0 Å². The molecule has 0 aliphatic carbocycles. The van der Waals surface area contributed by atoms with Crippen LogP contribution in [0.2, 0.25) is 0 Å². The van der Waals surface area contributed by atoms with E-state index in [0.717, 1.165) is 4.90 Å². The summed E-state index contributed by atoms with van der Waals surface area (Å²) in [5.41, 5.74) is 0.884. The normalized spacial score (nSPS) is 16.5. The van der Waals surface area contributed by atoms with Crippen LogP contribution in [0, 0.1) is 0 Å². The lowest BCUT2D eigenvalue weighted by Gasteiger charge is -2.26. The van der Waals surface area contributed by atoms with Crippen LogP contribution in [-0.4, -0.2) is 29.5 Å². The number of ether oxygens (including phenoxy) is 1. The molecule has 0 bridgehead atoms. The Kier molecular flexibility index (Phi) is 3.91. The van der Waals surface area contributed by atoms with Gasteiger partial charge in [-0.25, -0.2) is 9.69 Å². The number of barbiturate groups is 1. The summed E-state index contributed by atoms with van der Waals surface area (Å²) in [4.78, 5) is 37.8. The van der Waals surface area contributed by atoms with Crippen molar-refractivity contribution >= 4 is 29.6 Å². The topological polar surface area (TPSA) is 80.6 Å². The molecular formula is C17H15N3O4. The quantitative estimate of drug-likeness (QED) is 0.688. The lowest BCUT2D eigenvalue weighted by atomic mass is 10.1. The summed E-state index contributed by atoms with van der Waals surface area (Å²) in [6, 6.07) is 9.27. The molecule has 3 rings (SSSR count). The van der Waals surface area contributed by atoms with E-state index >= 15 is 0 Å². The minimum Gasteiger partial charge on any atom is -0.497 e. The number of carbonyl (C=O) groups is 3. The number of benzene rings is 1. The molecule has 0 unspecified atom stereocenters. The van der Waals surface area contributed by atoms with Gasteiger partial charge in [-0.05, 0) is 30.3 Å². The van der Waals surface area contributed by atoms with Gasteiger partial charge in [-0.15, -0.1) is 0 Å². The van der Waals surface area contributed by atoms with E-state index in [-0.39, 0.29) is 5.57 Å². The average molecular weight is 325 g/mol. The van der Waals surface area contributed by atoms with E-state index in [1.165, 1.54) is 13.2 Å². The van der Waals surface area contributed by atoms with Gasteiger partial charge in [0.25, 0.3) is 11.8 Å². The van der Waals surface area contributed by atoms with Crippen molar-refractivity contribution in [3.8, 4) is 5.75 Å². The zero-order valence-electron chi connectivity index (χ0n) is 13.1. The molecule has 0 saturated carbocycles. The minimum atomic E-state index is -0.790. The lowest BCUT2D eigenvalue weighted by Crippen LogP contribution is -2.54. The summed E-state index contributed by atoms with van der Waals surface area (Å²) in [6.45, 7) is 0. The van der Waals surface area contributed by atoms with Crippen LogP contribution in [0.4, 0.5) is 10.5 Å². The van der Waals surface area contributed by atoms with Crippen molar-refractivity contribution in [3.63, 3.8) is 0 Å². The van der Waals surface area contributed by atoms with Crippen molar-refractivity contribution in [3.05, 3.63) is 53.9 Å². The third-order valence-electron chi connectivity index (χ3n) is 3.69. The fraction of sp³-hybridized carbons (Fsp3) is 0.118. The van der Waals surface area contributed by atoms with Gasteiger partial charge in [0.1, 0.15) is 11.3 Å². The highest BCUT2D eigenvalue weighted by atomic mass is 16.5. The van der Waals surface area contributed by atoms with Gasteiger partial charge >= 0.3 is 6.03 Å². The highest BCUT2D eigenvalue weighted by Gasteiger charge is 2.37. The summed E-state index contributed by atoms with van der Waals surface area (Å²) in [5.74, 6) is -0.901. The number of hydrogen-bond donors (Lipinski definition) is 1. The van der Waals surface area contributed by atoms with E-state index in [0.29, 0.717) is 17.1 Å². The molecule has 2 heterocycles. The van der Waals surface area contributed by atoms with Crippen molar-refractivity contribution in [2.75, 3.05) is 12.0 Å². The maximum Gasteiger partial charge on any atom is 0.335 e. The Labute approximate surface area is 138 Å². The number of rotatable bonds is 3. The van der Waals surface area contributed by atoms with Crippen LogP contribution in [-0.2, 0) is 16.6 Å². The first-order chi connectivity index (χ1) is 11.5. The Morgan fingerprint density at radius 1 is 1.12 bits per heavy atom. The largest absolute Gasteiger partial charge is 0.497 e. The summed E-state index contributed by atoms with van der Waals surface area (Å²) in [5, 5.41) is 2.19. The molecule has 1 aromatic carbocycles. The SMILES string of the molecule is COc1cccc(N2C(=O)NC(=O)/C(=C\c3cccn3C)C2=O)c1. The van der Waals surface area contributed by atoms with E-state index in [1.54, 1.807) is 54.2 Å². The van der Waals surface area contributed by atoms with Gasteiger partial charge in [-0.1, -0.05) is 6.07 Å². The molecule has 1 saturated heterocycles. The first-order valence-corrected chi connectivity index (χ1v) is 7.18. The zero-order valence-corrected chi connectivity index (χ0v) is 13.1. The van der Waals surface area contributed by atoms with Crippen molar-refractivity contribution in [1.82, 2.24) is 9.88 Å². The Morgan fingerprint density at radius 2 is 1.92 bits per heavy atom. The number of amides is 4. The molecule has 1 aliphatic heterocycles. The first-order valence-electron chi connectivity index (χ1n) is 7.18. The van der Waals surface area contributed by atoms with Gasteiger partial charge in [-0.2, -0.15) is 0 Å². The molecule has 24 heavy (non-hydrogen) atoms. The monoisotopic (exact) mass is 325 g/mol. The number of nitrogens with zero attached hydrogens (tertiary/aromatic N) is 2. The molecule has 1 aliphatic rings. The fourth-order valence-corrected chi connectivity index (χ4v) is 2.41. The highest BCUT2D eigenvalue weighted by molar-refractivity contribution is 6.39. The van der Waals surface area contributed by atoms with Crippen molar-refractivity contribution in [2.24, 2.45) is 7.05 Å². The molecule has 7 heteroatoms. The molecular weight excluding hydrogens is 310 g/mol. The van der Waals surface area contributed by atoms with Gasteiger partial charge < -0.3 is 9.30 Å². The van der Waals surface area contributed by atoms with Crippen LogP contribution in [0.25, 0.3) is 6.08 Å². The molecule has 1 fully saturated rings. The average Bonchev–Trinajstić information content (AvgIpc) is 2.96. The third-order valence-corrected chi connectivity index (χ3v) is 3.69. The standard InChI is InChI=1S/C17H15N3O4/c1-19-8-4-6-11(19)10-14-15(21)18-17(23)20(16(14)22)12-5-3-7-13(9-12)24-2/h3-10H,1-2H3,(H,18,21,23)/b14-10+. The van der Waals surface area contributed by atoms with E-state index in [4.69, 9.17) is 4.74 Å². The fourth-order valence-electron chi connectivity index (χ4n) is 2.41. The van der Waals surface area contributed by atoms with Gasteiger partial charge in [0.15, 0.2) is 0 Å². The van der Waals surface area contributed by atoms with Gasteiger partial charge in [0.2, 0.25) is 0 Å². The van der Waals surface area contributed by atoms with Gasteiger partial charge in [0.05, 0.1) is 12.8 Å². The molecule has 0 spiro atoms. The van der Waals surface area contributed by atoms with Crippen LogP contribution in [0.3, 0.4) is 0 Å². The predicted octanol–water partition coefficient (Wildman–Crippen LogP) is 1.70. The Hall–Kier alpha value is -3.35. The summed E-state index contributed by atoms with van der Waals surface area (Å²) in [6.07, 6.45) is 3.25. The Bertz CT molecular complexity index is 866. The molecule has 4 amide bonds. The number of imide groups is 2. The third kappa shape index (κ3) is 2.67. The first kappa shape index (κ1) is 15.5. The van der Waals surface area contributed by atoms with Crippen LogP contribution < -0.4 is 15.0 Å². The number of urea groups is 1. The number of methoxy groups -OCH3 is 1. The molecule has 1 aromatic heterocycles. The molecule has 7 nitrogen and oxygen atoms in total. The molecule has 1 N–H and O–H groups in total. The second-order valence-corrected chi connectivity index (χ2v) is 5.20. The lowest BCUT2D eigenvalue weighted by molar-refractivity contribution is -0.122. The van der Waals surface area contributed by atoms with Crippen molar-refractivity contribution < 1.29 is 19.1 Å². The molecule has 0 atom stereocenters. The number of nitrogens with one attached hydrogen (secondary N) is 1. The van der Waals surface area contributed by atoms with Crippen LogP contribution in [0.1, 0.15) is 5.69 Å². The number of carbonyl (C=O) groups excluding carboxylic acids is 3. The van der Waals surface area contributed by atoms with Gasteiger partial charge in [-0.3, -0.25) is 14.9 Å². The van der Waals surface area contributed by atoms with Crippen molar-refractivity contribution in [2.45, 2.75) is 0 Å². The predicted molar refractivity (Wildman–Crippen MR) is 87.4 cm³/mol. The second-order valence-electron chi connectivity index (χ2n) is 5.20. The molecule has 122 valence electrons. The van der Waals surface area contributed by atoms with E-state index < -0.39 is 17.8 Å². The highest BCUT2D eigenvalue weighted by Crippen LogP contribution is 2.25. The van der Waals surface area contributed by atoms with E-state index in [9.17, 15) is 14.4 Å². The van der Waals surface area contributed by atoms with E-state index in [1.807, 2.05) is 0 Å². The number of hydrogen-bond acceptors (Lipinski definition) is 4. The number of anilines is 1. The molecule has 2 aromatic rings. The molecule has 0 radical (unpaired) electrons.